The van der Waals surface area contributed by atoms with Gasteiger partial charge >= 0.3 is 5.97 Å². The van der Waals surface area contributed by atoms with Gasteiger partial charge in [0.25, 0.3) is 5.69 Å². The Hall–Kier alpha value is -2.48. The predicted octanol–water partition coefficient (Wildman–Crippen LogP) is 2.32. The van der Waals surface area contributed by atoms with Crippen LogP contribution < -0.4 is 0 Å². The van der Waals surface area contributed by atoms with Crippen molar-refractivity contribution in [2.75, 3.05) is 7.11 Å². The van der Waals surface area contributed by atoms with Gasteiger partial charge in [0.1, 0.15) is 5.03 Å². The van der Waals surface area contributed by atoms with E-state index in [9.17, 15) is 14.9 Å². The summed E-state index contributed by atoms with van der Waals surface area (Å²) in [5, 5.41) is 11.1. The number of carbonyl (C=O) groups is 1. The molecule has 0 N–H and O–H groups in total. The number of methoxy groups -OCH3 is 1. The number of nitro groups is 1. The van der Waals surface area contributed by atoms with E-state index in [-0.39, 0.29) is 11.4 Å². The van der Waals surface area contributed by atoms with Crippen LogP contribution in [0.2, 0.25) is 0 Å². The van der Waals surface area contributed by atoms with Crippen LogP contribution in [0.5, 0.6) is 0 Å². The number of aromatic nitrogens is 2. The molecule has 0 fully saturated rings. The average molecular weight is 291 g/mol. The minimum Gasteiger partial charge on any atom is -0.464 e. The lowest BCUT2D eigenvalue weighted by atomic mass is 10.3. The zero-order chi connectivity index (χ0) is 14.5. The third kappa shape index (κ3) is 3.29. The molecule has 0 amide bonds. The first-order valence-corrected chi connectivity index (χ1v) is 6.24. The van der Waals surface area contributed by atoms with Gasteiger partial charge in [-0.05, 0) is 12.1 Å². The molecule has 0 saturated carbocycles. The van der Waals surface area contributed by atoms with Crippen LogP contribution in [0.15, 0.2) is 46.6 Å². The van der Waals surface area contributed by atoms with E-state index < -0.39 is 10.9 Å². The zero-order valence-electron chi connectivity index (χ0n) is 10.3. The molecule has 0 aliphatic heterocycles. The van der Waals surface area contributed by atoms with Gasteiger partial charge in [0.15, 0.2) is 5.69 Å². The highest BCUT2D eigenvalue weighted by Gasteiger charge is 2.09. The average Bonchev–Trinajstić information content (AvgIpc) is 2.48. The third-order valence-corrected chi connectivity index (χ3v) is 3.22. The maximum atomic E-state index is 11.2. The Morgan fingerprint density at radius 3 is 2.45 bits per heavy atom. The normalized spacial score (nSPS) is 10.1. The largest absolute Gasteiger partial charge is 0.464 e. The van der Waals surface area contributed by atoms with Gasteiger partial charge in [-0.3, -0.25) is 10.1 Å². The highest BCUT2D eigenvalue weighted by molar-refractivity contribution is 7.99. The molecule has 0 unspecified atom stereocenters. The van der Waals surface area contributed by atoms with E-state index in [0.29, 0.717) is 5.03 Å². The number of benzene rings is 1. The lowest BCUT2D eigenvalue weighted by molar-refractivity contribution is -0.384. The molecule has 0 spiro atoms. The van der Waals surface area contributed by atoms with Crippen molar-refractivity contribution >= 4 is 23.4 Å². The van der Waals surface area contributed by atoms with Crippen LogP contribution >= 0.6 is 11.8 Å². The molecule has 1 heterocycles. The summed E-state index contributed by atoms with van der Waals surface area (Å²) in [6, 6.07) is 6.08. The molecule has 20 heavy (non-hydrogen) atoms. The second-order valence-electron chi connectivity index (χ2n) is 3.58. The summed E-state index contributed by atoms with van der Waals surface area (Å²) in [5.74, 6) is -0.551. The zero-order valence-corrected chi connectivity index (χ0v) is 11.2. The molecular formula is C12H9N3O4S. The Balaban J connectivity index is 2.10. The molecule has 2 rings (SSSR count). The second kappa shape index (κ2) is 6.11. The summed E-state index contributed by atoms with van der Waals surface area (Å²) in [6.45, 7) is 0. The van der Waals surface area contributed by atoms with Crippen LogP contribution in [-0.2, 0) is 4.74 Å². The van der Waals surface area contributed by atoms with Crippen molar-refractivity contribution in [3.63, 3.8) is 0 Å². The van der Waals surface area contributed by atoms with Crippen molar-refractivity contribution in [3.05, 3.63) is 52.5 Å². The number of hydrogen-bond acceptors (Lipinski definition) is 7. The summed E-state index contributed by atoms with van der Waals surface area (Å²) in [5.41, 5.74) is 0.155. The molecule has 8 heteroatoms. The van der Waals surface area contributed by atoms with E-state index in [2.05, 4.69) is 14.7 Å². The number of nitrogens with zero attached hydrogens (tertiary/aromatic N) is 3. The van der Waals surface area contributed by atoms with Gasteiger partial charge in [0, 0.05) is 17.0 Å². The summed E-state index contributed by atoms with van der Waals surface area (Å²) in [4.78, 5) is 30.0. The van der Waals surface area contributed by atoms with Crippen molar-refractivity contribution in [2.24, 2.45) is 0 Å². The highest BCUT2D eigenvalue weighted by Crippen LogP contribution is 2.26. The molecule has 1 aromatic carbocycles. The molecule has 2 aromatic rings. The summed E-state index contributed by atoms with van der Waals surface area (Å²) in [6.07, 6.45) is 2.76. The number of non-ortho nitro benzene ring substituents is 1. The monoisotopic (exact) mass is 291 g/mol. The van der Waals surface area contributed by atoms with Gasteiger partial charge in [-0.2, -0.15) is 0 Å². The fraction of sp³-hybridized carbons (Fsp3) is 0.0833. The molecule has 7 nitrogen and oxygen atoms in total. The molecular weight excluding hydrogens is 282 g/mol. The Morgan fingerprint density at radius 1 is 1.25 bits per heavy atom. The van der Waals surface area contributed by atoms with E-state index in [0.717, 1.165) is 4.90 Å². The fourth-order valence-corrected chi connectivity index (χ4v) is 2.06. The van der Waals surface area contributed by atoms with Gasteiger partial charge < -0.3 is 4.74 Å². The van der Waals surface area contributed by atoms with Crippen LogP contribution in [0, 0.1) is 10.1 Å². The highest BCUT2D eigenvalue weighted by atomic mass is 32.2. The standard InChI is InChI=1S/C12H9N3O4S/c1-19-12(16)10-6-14-11(7-13-10)20-9-4-2-8(3-5-9)15(17)18/h2-7H,1H3. The van der Waals surface area contributed by atoms with E-state index in [1.807, 2.05) is 0 Å². The number of rotatable bonds is 4. The van der Waals surface area contributed by atoms with Crippen LogP contribution in [0.1, 0.15) is 10.5 Å². The molecule has 0 bridgehead atoms. The van der Waals surface area contributed by atoms with Crippen molar-refractivity contribution in [2.45, 2.75) is 9.92 Å². The van der Waals surface area contributed by atoms with Gasteiger partial charge in [-0.15, -0.1) is 0 Å². The second-order valence-corrected chi connectivity index (χ2v) is 4.68. The molecule has 0 aliphatic carbocycles. The van der Waals surface area contributed by atoms with Crippen molar-refractivity contribution in [1.82, 2.24) is 9.97 Å². The smallest absolute Gasteiger partial charge is 0.358 e. The molecule has 0 atom stereocenters. The van der Waals surface area contributed by atoms with Crippen LogP contribution in [0.25, 0.3) is 0 Å². The van der Waals surface area contributed by atoms with Crippen LogP contribution in [0.4, 0.5) is 5.69 Å². The third-order valence-electron chi connectivity index (χ3n) is 2.29. The Morgan fingerprint density at radius 2 is 1.95 bits per heavy atom. The first kappa shape index (κ1) is 13.9. The number of ether oxygens (including phenoxy) is 1. The topological polar surface area (TPSA) is 95.2 Å². The first-order valence-electron chi connectivity index (χ1n) is 5.43. The lowest BCUT2D eigenvalue weighted by Gasteiger charge is -2.01. The number of nitro benzene ring substituents is 1. The van der Waals surface area contributed by atoms with Crippen LogP contribution in [-0.4, -0.2) is 28.0 Å². The predicted molar refractivity (Wildman–Crippen MR) is 70.6 cm³/mol. The maximum Gasteiger partial charge on any atom is 0.358 e. The summed E-state index contributed by atoms with van der Waals surface area (Å²) < 4.78 is 4.52. The molecule has 102 valence electrons. The lowest BCUT2D eigenvalue weighted by Crippen LogP contribution is -2.04. The fourth-order valence-electron chi connectivity index (χ4n) is 1.34. The maximum absolute atomic E-state index is 11.2. The number of hydrogen-bond donors (Lipinski definition) is 0. The number of esters is 1. The summed E-state index contributed by atoms with van der Waals surface area (Å²) >= 11 is 1.29. The molecule has 0 radical (unpaired) electrons. The van der Waals surface area contributed by atoms with Crippen molar-refractivity contribution in [3.8, 4) is 0 Å². The minimum atomic E-state index is -0.551. The van der Waals surface area contributed by atoms with Gasteiger partial charge in [0.05, 0.1) is 24.4 Å². The van der Waals surface area contributed by atoms with Gasteiger partial charge in [0.2, 0.25) is 0 Å². The van der Waals surface area contributed by atoms with Crippen molar-refractivity contribution < 1.29 is 14.5 Å². The molecule has 0 saturated heterocycles. The number of carbonyl (C=O) groups excluding carboxylic acids is 1. The van der Waals surface area contributed by atoms with E-state index in [1.165, 1.54) is 43.4 Å². The van der Waals surface area contributed by atoms with E-state index >= 15 is 0 Å². The molecule has 1 aromatic heterocycles. The van der Waals surface area contributed by atoms with Gasteiger partial charge in [-0.1, -0.05) is 11.8 Å². The van der Waals surface area contributed by atoms with Crippen LogP contribution in [0.3, 0.4) is 0 Å². The Bertz CT molecular complexity index is 628. The quantitative estimate of drug-likeness (QED) is 0.484. The Kier molecular flexibility index (Phi) is 4.26. The van der Waals surface area contributed by atoms with E-state index in [4.69, 9.17) is 0 Å². The SMILES string of the molecule is COC(=O)c1cnc(Sc2ccc([N+](=O)[O-])cc2)cn1. The van der Waals surface area contributed by atoms with Gasteiger partial charge in [-0.25, -0.2) is 14.8 Å². The first-order chi connectivity index (χ1) is 9.60. The summed E-state index contributed by atoms with van der Waals surface area (Å²) in [7, 11) is 1.27. The minimum absolute atomic E-state index is 0.0291. The van der Waals surface area contributed by atoms with E-state index in [1.54, 1.807) is 12.1 Å². The Labute approximate surface area is 118 Å². The molecule has 0 aliphatic rings. The van der Waals surface area contributed by atoms with Crippen molar-refractivity contribution in [1.29, 1.82) is 0 Å².